The van der Waals surface area contributed by atoms with Gasteiger partial charge in [0.15, 0.2) is 34.5 Å². The van der Waals surface area contributed by atoms with E-state index in [1.54, 1.807) is 0 Å². The Labute approximate surface area is 813 Å². The predicted molar refractivity (Wildman–Crippen MR) is 570 cm³/mol. The molecule has 1 fully saturated rings. The molecular formula is C117H210N6O9. The number of anilines is 3. The van der Waals surface area contributed by atoms with Gasteiger partial charge >= 0.3 is 0 Å². The van der Waals surface area contributed by atoms with Crippen LogP contribution in [0.15, 0.2) is 71.7 Å². The zero-order valence-corrected chi connectivity index (χ0v) is 90.5. The summed E-state index contributed by atoms with van der Waals surface area (Å²) in [5.41, 5.74) is 28.0. The lowest BCUT2D eigenvalue weighted by Crippen LogP contribution is -2.52. The van der Waals surface area contributed by atoms with Crippen LogP contribution in [0.5, 0.6) is 51.7 Å². The third-order valence-electron chi connectivity index (χ3n) is 27.5. The van der Waals surface area contributed by atoms with Crippen molar-refractivity contribution in [2.45, 2.75) is 436 Å². The van der Waals surface area contributed by atoms with Gasteiger partial charge in [0.05, 0.1) is 77.6 Å². The van der Waals surface area contributed by atoms with E-state index in [-0.39, 0.29) is 0 Å². The highest BCUT2D eigenvalue weighted by molar-refractivity contribution is 5.67. The summed E-state index contributed by atoms with van der Waals surface area (Å²) in [5, 5.41) is 11.4. The lowest BCUT2D eigenvalue weighted by Gasteiger charge is -2.37. The highest BCUT2D eigenvalue weighted by Crippen LogP contribution is 2.46. The van der Waals surface area contributed by atoms with Crippen LogP contribution < -0.4 is 75.8 Å². The first-order valence-electron chi connectivity index (χ1n) is 54.7. The summed E-state index contributed by atoms with van der Waals surface area (Å²) in [6.45, 7) is 67.8. The van der Waals surface area contributed by atoms with E-state index in [4.69, 9.17) is 59.8 Å². The fourth-order valence-corrected chi connectivity index (χ4v) is 17.7. The van der Waals surface area contributed by atoms with Crippen molar-refractivity contribution in [1.29, 1.82) is 0 Å². The largest absolute Gasteiger partial charge is 0.489 e. The SMILES string of the molecule is CC(C)CCCC(C)CCOc1cc(NC=C2C(N)C(=CNc3cc(OCCC(C)CCCC(C)C)c(OCCC(C)CCCC(C)C)c(OCCC(C)CCCC(C)C)c3)C(N)C(=CNc3cc(OCCC(C)CCCC(C)C)c(OCCC(C)CCCC(C)C)c(OCCC(C)CCCC(C)C)c3)C2N)cc(OCCC(C)CCCC(C)C)c1OCCC(C)CCCC(C)C. The molecule has 0 amide bonds. The molecule has 0 bridgehead atoms. The van der Waals surface area contributed by atoms with E-state index in [0.29, 0.717) is 218 Å². The first kappa shape index (κ1) is 119. The molecule has 15 heteroatoms. The number of hydrogen-bond acceptors (Lipinski definition) is 15. The van der Waals surface area contributed by atoms with Crippen molar-refractivity contribution in [3.8, 4) is 51.7 Å². The van der Waals surface area contributed by atoms with E-state index < -0.39 is 18.1 Å². The first-order valence-corrected chi connectivity index (χ1v) is 54.7. The van der Waals surface area contributed by atoms with Crippen LogP contribution in [0.1, 0.15) is 418 Å². The van der Waals surface area contributed by atoms with Crippen molar-refractivity contribution in [1.82, 2.24) is 0 Å². The number of rotatable bonds is 78. The maximum Gasteiger partial charge on any atom is 0.203 e. The summed E-state index contributed by atoms with van der Waals surface area (Å²) in [7, 11) is 0. The van der Waals surface area contributed by atoms with Gasteiger partial charge in [0.2, 0.25) is 17.2 Å². The molecule has 0 aliphatic heterocycles. The molecule has 4 rings (SSSR count). The predicted octanol–water partition coefficient (Wildman–Crippen LogP) is 33.1. The number of nitrogens with one attached hydrogen (secondary N) is 3. The van der Waals surface area contributed by atoms with Crippen molar-refractivity contribution < 1.29 is 42.6 Å². The Bertz CT molecular complexity index is 3030. The fraction of sp³-hybridized carbons (Fsp3) is 0.795. The number of benzene rings is 3. The molecule has 3 aromatic carbocycles. The first-order chi connectivity index (χ1) is 62.9. The van der Waals surface area contributed by atoms with E-state index in [1.807, 2.05) is 18.6 Å². The Kier molecular flexibility index (Phi) is 61.5. The van der Waals surface area contributed by atoms with Crippen molar-refractivity contribution in [2.75, 3.05) is 75.4 Å². The maximum absolute atomic E-state index is 7.85. The molecule has 3 aromatic rings. The van der Waals surface area contributed by atoms with E-state index in [1.165, 1.54) is 116 Å². The third kappa shape index (κ3) is 52.8. The maximum atomic E-state index is 7.85. The highest BCUT2D eigenvalue weighted by Gasteiger charge is 2.37. The van der Waals surface area contributed by atoms with E-state index in [9.17, 15) is 0 Å². The zero-order valence-electron chi connectivity index (χ0n) is 90.5. The fourth-order valence-electron chi connectivity index (χ4n) is 17.7. The monoisotopic (exact) mass is 1840 g/mol. The van der Waals surface area contributed by atoms with Crippen LogP contribution in [0, 0.1) is 107 Å². The van der Waals surface area contributed by atoms with Gasteiger partial charge in [-0.15, -0.1) is 0 Å². The average Bonchev–Trinajstić information content (AvgIpc) is 0.775. The molecule has 1 aliphatic carbocycles. The van der Waals surface area contributed by atoms with E-state index in [0.717, 1.165) is 149 Å². The Morgan fingerprint density at radius 3 is 0.455 bits per heavy atom. The molecule has 1 aliphatic rings. The molecule has 0 saturated heterocycles. The minimum atomic E-state index is -0.765. The Balaban J connectivity index is 2.12. The number of nitrogens with two attached hydrogens (primary N) is 3. The summed E-state index contributed by atoms with van der Waals surface area (Å²) in [4.78, 5) is 0. The standard InChI is InChI=1S/C117H210N6O9/c1-82(2)37-28-46-91(19)55-64-124-106-73-100(74-107(125-65-56-92(20)47-29-38-83(3)4)115(106)130-70-61-97(25)52-34-43-88(13)14)121-79-103-112(118)104(80-122-101-75-108(126-66-57-93(21)48-30-39-84(5)6)116(131-71-62-98(26)53-35-44-89(15)16)109(76-101)127-67-58-94(22)49-31-40-85(7)8)114(120)105(113(103)119)81-123-102-77-110(128-68-59-95(23)50-32-41-86(9)10)117(132-72-63-99(27)54-36-45-90(17)18)111(78-102)129-69-60-96(24)51-33-42-87(11)12/h73-99,112-114,121-123H,28-72,118-120H2,1-27H3. The minimum Gasteiger partial charge on any atom is -0.489 e. The van der Waals surface area contributed by atoms with Crippen LogP contribution in [0.4, 0.5) is 17.1 Å². The van der Waals surface area contributed by atoms with Crippen LogP contribution in [0.3, 0.4) is 0 Å². The number of ether oxygens (including phenoxy) is 9. The topological polar surface area (TPSA) is 197 Å². The van der Waals surface area contributed by atoms with Gasteiger partial charge in [0, 0.05) is 72.1 Å². The zero-order chi connectivity index (χ0) is 97.5. The average molecular weight is 1840 g/mol. The lowest BCUT2D eigenvalue weighted by atomic mass is 9.77. The van der Waals surface area contributed by atoms with Gasteiger partial charge in [-0.2, -0.15) is 0 Å². The van der Waals surface area contributed by atoms with Crippen LogP contribution in [-0.4, -0.2) is 77.6 Å². The van der Waals surface area contributed by atoms with Crippen molar-refractivity contribution >= 4 is 17.1 Å². The van der Waals surface area contributed by atoms with Gasteiger partial charge in [-0.25, -0.2) is 0 Å². The molecule has 15 nitrogen and oxygen atoms in total. The highest BCUT2D eigenvalue weighted by atomic mass is 16.6. The van der Waals surface area contributed by atoms with Crippen LogP contribution >= 0.6 is 0 Å². The molecule has 0 radical (unpaired) electrons. The van der Waals surface area contributed by atoms with Crippen LogP contribution in [-0.2, 0) is 0 Å². The Morgan fingerprint density at radius 1 is 0.197 bits per heavy atom. The van der Waals surface area contributed by atoms with Gasteiger partial charge in [-0.3, -0.25) is 0 Å². The molecule has 0 spiro atoms. The smallest absolute Gasteiger partial charge is 0.203 e. The second-order valence-corrected chi connectivity index (χ2v) is 45.8. The molecule has 9 unspecified atom stereocenters. The molecule has 762 valence electrons. The van der Waals surface area contributed by atoms with Gasteiger partial charge < -0.3 is 75.8 Å². The van der Waals surface area contributed by atoms with Gasteiger partial charge in [0.1, 0.15) is 0 Å². The second-order valence-electron chi connectivity index (χ2n) is 45.8. The summed E-state index contributed by atoms with van der Waals surface area (Å²) in [6.07, 6.45) is 46.5. The normalized spacial score (nSPS) is 16.5. The molecule has 132 heavy (non-hydrogen) atoms. The van der Waals surface area contributed by atoms with Gasteiger partial charge in [-0.05, 0) is 181 Å². The molecule has 9 N–H and O–H groups in total. The van der Waals surface area contributed by atoms with E-state index in [2.05, 4.69) is 239 Å². The number of hydrogen-bond donors (Lipinski definition) is 6. The van der Waals surface area contributed by atoms with Crippen molar-refractivity contribution in [3.63, 3.8) is 0 Å². The second kappa shape index (κ2) is 68.4. The molecule has 0 aromatic heterocycles. The lowest BCUT2D eigenvalue weighted by molar-refractivity contribution is 0.216. The third-order valence-corrected chi connectivity index (χ3v) is 27.5. The quantitative estimate of drug-likeness (QED) is 0.0312. The molecule has 1 saturated carbocycles. The summed E-state index contributed by atoms with van der Waals surface area (Å²) in [5.74, 6) is 16.4. The van der Waals surface area contributed by atoms with Crippen LogP contribution in [0.2, 0.25) is 0 Å². The van der Waals surface area contributed by atoms with Crippen molar-refractivity contribution in [3.05, 3.63) is 71.7 Å². The summed E-state index contributed by atoms with van der Waals surface area (Å²) < 4.78 is 63.3. The van der Waals surface area contributed by atoms with Gasteiger partial charge in [-0.1, -0.05) is 360 Å². The van der Waals surface area contributed by atoms with Crippen molar-refractivity contribution in [2.24, 2.45) is 124 Å². The Hall–Kier alpha value is -5.64. The molecular weight excluding hydrogens is 1630 g/mol. The van der Waals surface area contributed by atoms with E-state index >= 15 is 0 Å². The van der Waals surface area contributed by atoms with Crippen LogP contribution in [0.25, 0.3) is 0 Å². The molecule has 0 heterocycles. The van der Waals surface area contributed by atoms with Gasteiger partial charge in [0.25, 0.3) is 0 Å². The summed E-state index contributed by atoms with van der Waals surface area (Å²) in [6, 6.07) is 10.2. The minimum absolute atomic E-state index is 0.490. The Morgan fingerprint density at radius 2 is 0.326 bits per heavy atom. The summed E-state index contributed by atoms with van der Waals surface area (Å²) >= 11 is 0. The molecule has 9 atom stereocenters.